The Hall–Kier alpha value is -3.14. The van der Waals surface area contributed by atoms with E-state index in [1.165, 1.54) is 0 Å². The minimum atomic E-state index is -0.174. The van der Waals surface area contributed by atoms with E-state index in [0.29, 0.717) is 12.4 Å². The molecule has 28 heavy (non-hydrogen) atoms. The van der Waals surface area contributed by atoms with Crippen LogP contribution in [0, 0.1) is 6.92 Å². The number of carbonyl (C=O) groups is 1. The van der Waals surface area contributed by atoms with Crippen molar-refractivity contribution in [3.63, 3.8) is 0 Å². The zero-order valence-corrected chi connectivity index (χ0v) is 16.0. The van der Waals surface area contributed by atoms with Gasteiger partial charge in [-0.3, -0.25) is 4.79 Å². The summed E-state index contributed by atoms with van der Waals surface area (Å²) in [7, 11) is 0. The first kappa shape index (κ1) is 18.2. The molecule has 0 saturated heterocycles. The molecule has 2 aromatic carbocycles. The molecule has 1 amide bonds. The number of nitrogens with zero attached hydrogens (tertiary/aromatic N) is 1. The van der Waals surface area contributed by atoms with Crippen LogP contribution in [0.4, 0.5) is 5.82 Å². The van der Waals surface area contributed by atoms with E-state index in [1.807, 2.05) is 49.4 Å². The summed E-state index contributed by atoms with van der Waals surface area (Å²) in [5.41, 5.74) is 4.43. The maximum atomic E-state index is 12.9. The molecular formula is C24H24N2O2. The first-order chi connectivity index (χ1) is 13.7. The number of carbonyl (C=O) groups excluding carboxylic acids is 1. The smallest absolute Gasteiger partial charge is 0.233 e. The van der Waals surface area contributed by atoms with E-state index in [-0.39, 0.29) is 11.8 Å². The van der Waals surface area contributed by atoms with Gasteiger partial charge in [0.1, 0.15) is 18.2 Å². The number of aromatic nitrogens is 1. The van der Waals surface area contributed by atoms with Gasteiger partial charge in [-0.2, -0.15) is 0 Å². The van der Waals surface area contributed by atoms with Gasteiger partial charge >= 0.3 is 0 Å². The number of amides is 1. The molecule has 0 spiro atoms. The number of nitrogens with one attached hydrogen (secondary N) is 1. The summed E-state index contributed by atoms with van der Waals surface area (Å²) in [6, 6.07) is 20.0. The lowest BCUT2D eigenvalue weighted by molar-refractivity contribution is -0.117. The van der Waals surface area contributed by atoms with Crippen molar-refractivity contribution in [1.29, 1.82) is 0 Å². The van der Waals surface area contributed by atoms with Crippen LogP contribution in [-0.2, 0) is 17.8 Å². The number of rotatable bonds is 5. The minimum Gasteiger partial charge on any atom is -0.489 e. The van der Waals surface area contributed by atoms with Crippen molar-refractivity contribution >= 4 is 11.7 Å². The molecule has 0 radical (unpaired) electrons. The first-order valence-electron chi connectivity index (χ1n) is 9.73. The third-order valence-corrected chi connectivity index (χ3v) is 5.18. The van der Waals surface area contributed by atoms with Crippen molar-refractivity contribution < 1.29 is 9.53 Å². The van der Waals surface area contributed by atoms with Crippen molar-refractivity contribution in [3.05, 3.63) is 89.1 Å². The molecule has 0 saturated carbocycles. The molecule has 1 unspecified atom stereocenters. The molecule has 0 fully saturated rings. The van der Waals surface area contributed by atoms with Gasteiger partial charge in [-0.15, -0.1) is 0 Å². The van der Waals surface area contributed by atoms with Crippen molar-refractivity contribution in [2.45, 2.75) is 38.7 Å². The molecule has 1 heterocycles. The lowest BCUT2D eigenvalue weighted by atomic mass is 9.82. The summed E-state index contributed by atoms with van der Waals surface area (Å²) >= 11 is 0. The number of ether oxygens (including phenoxy) is 1. The average molecular weight is 372 g/mol. The number of aryl methyl sites for hydroxylation is 1. The van der Waals surface area contributed by atoms with E-state index in [2.05, 4.69) is 28.5 Å². The van der Waals surface area contributed by atoms with Crippen LogP contribution in [0.15, 0.2) is 66.9 Å². The Labute approximate surface area is 165 Å². The molecule has 4 rings (SSSR count). The molecule has 3 aromatic rings. The Balaban J connectivity index is 1.52. The minimum absolute atomic E-state index is 0.00230. The highest BCUT2D eigenvalue weighted by Crippen LogP contribution is 2.37. The summed E-state index contributed by atoms with van der Waals surface area (Å²) in [5, 5.41) is 2.97. The van der Waals surface area contributed by atoms with E-state index in [4.69, 9.17) is 4.74 Å². The van der Waals surface area contributed by atoms with Crippen LogP contribution in [0.5, 0.6) is 5.75 Å². The average Bonchev–Trinajstić information content (AvgIpc) is 2.74. The van der Waals surface area contributed by atoms with E-state index >= 15 is 0 Å². The van der Waals surface area contributed by atoms with Crippen LogP contribution in [0.1, 0.15) is 41.0 Å². The maximum absolute atomic E-state index is 12.9. The van der Waals surface area contributed by atoms with Crippen LogP contribution in [0.25, 0.3) is 0 Å². The standard InChI is InChI=1S/C24H24N2O2/c1-17-13-14-23(25-15-17)26-24(27)21-11-5-10-20-19(21)9-6-12-22(20)28-16-18-7-3-2-4-8-18/h2-4,6-9,12-15,21H,5,10-11,16H2,1H3,(H,25,26,27). The molecule has 0 aliphatic heterocycles. The second kappa shape index (κ2) is 8.26. The highest BCUT2D eigenvalue weighted by molar-refractivity contribution is 5.95. The van der Waals surface area contributed by atoms with Gasteiger partial charge < -0.3 is 10.1 Å². The van der Waals surface area contributed by atoms with Crippen LogP contribution in [0.3, 0.4) is 0 Å². The van der Waals surface area contributed by atoms with Gasteiger partial charge in [-0.1, -0.05) is 48.5 Å². The SMILES string of the molecule is Cc1ccc(NC(=O)C2CCCc3c(OCc4ccccc4)cccc32)nc1. The van der Waals surface area contributed by atoms with E-state index in [1.54, 1.807) is 6.20 Å². The van der Waals surface area contributed by atoms with Gasteiger partial charge in [-0.05, 0) is 60.6 Å². The fourth-order valence-corrected chi connectivity index (χ4v) is 3.71. The molecule has 1 aliphatic rings. The van der Waals surface area contributed by atoms with E-state index < -0.39 is 0 Å². The Morgan fingerprint density at radius 3 is 2.75 bits per heavy atom. The fraction of sp³-hybridized carbons (Fsp3) is 0.250. The van der Waals surface area contributed by atoms with Gasteiger partial charge in [0, 0.05) is 6.20 Å². The highest BCUT2D eigenvalue weighted by atomic mass is 16.5. The number of anilines is 1. The molecule has 4 heteroatoms. The zero-order chi connectivity index (χ0) is 19.3. The van der Waals surface area contributed by atoms with Crippen LogP contribution in [-0.4, -0.2) is 10.9 Å². The summed E-state index contributed by atoms with van der Waals surface area (Å²) in [6.07, 6.45) is 4.51. The van der Waals surface area contributed by atoms with Crippen molar-refractivity contribution in [2.75, 3.05) is 5.32 Å². The number of hydrogen-bond acceptors (Lipinski definition) is 3. The zero-order valence-electron chi connectivity index (χ0n) is 16.0. The summed E-state index contributed by atoms with van der Waals surface area (Å²) in [6.45, 7) is 2.51. The topological polar surface area (TPSA) is 51.2 Å². The maximum Gasteiger partial charge on any atom is 0.233 e. The van der Waals surface area contributed by atoms with Crippen LogP contribution in [0.2, 0.25) is 0 Å². The predicted molar refractivity (Wildman–Crippen MR) is 110 cm³/mol. The summed E-state index contributed by atoms with van der Waals surface area (Å²) in [5.74, 6) is 1.30. The number of pyridine rings is 1. The molecule has 0 bridgehead atoms. The van der Waals surface area contributed by atoms with Crippen LogP contribution >= 0.6 is 0 Å². The monoisotopic (exact) mass is 372 g/mol. The number of benzene rings is 2. The summed E-state index contributed by atoms with van der Waals surface area (Å²) < 4.78 is 6.11. The Bertz CT molecular complexity index is 952. The largest absolute Gasteiger partial charge is 0.489 e. The van der Waals surface area contributed by atoms with E-state index in [0.717, 1.165) is 47.3 Å². The Kier molecular flexibility index (Phi) is 5.38. The van der Waals surface area contributed by atoms with Crippen LogP contribution < -0.4 is 10.1 Å². The fourth-order valence-electron chi connectivity index (χ4n) is 3.71. The van der Waals surface area contributed by atoms with Gasteiger partial charge in [0.2, 0.25) is 5.91 Å². The quantitative estimate of drug-likeness (QED) is 0.683. The molecule has 1 N–H and O–H groups in total. The van der Waals surface area contributed by atoms with E-state index in [9.17, 15) is 4.79 Å². The van der Waals surface area contributed by atoms with Crippen molar-refractivity contribution in [2.24, 2.45) is 0 Å². The first-order valence-corrected chi connectivity index (χ1v) is 9.73. The lowest BCUT2D eigenvalue weighted by Gasteiger charge is -2.26. The molecule has 4 nitrogen and oxygen atoms in total. The Morgan fingerprint density at radius 2 is 1.96 bits per heavy atom. The number of fused-ring (bicyclic) bond motifs is 1. The lowest BCUT2D eigenvalue weighted by Crippen LogP contribution is -2.25. The van der Waals surface area contributed by atoms with Gasteiger partial charge in [0.15, 0.2) is 0 Å². The third kappa shape index (κ3) is 4.06. The molecule has 1 atom stereocenters. The molecule has 1 aliphatic carbocycles. The molecule has 1 aromatic heterocycles. The Morgan fingerprint density at radius 1 is 1.11 bits per heavy atom. The predicted octanol–water partition coefficient (Wildman–Crippen LogP) is 5.03. The molecular weight excluding hydrogens is 348 g/mol. The number of hydrogen-bond donors (Lipinski definition) is 1. The second-order valence-corrected chi connectivity index (χ2v) is 7.25. The van der Waals surface area contributed by atoms with Gasteiger partial charge in [-0.25, -0.2) is 4.98 Å². The van der Waals surface area contributed by atoms with Gasteiger partial charge in [0.25, 0.3) is 0 Å². The molecule has 142 valence electrons. The third-order valence-electron chi connectivity index (χ3n) is 5.18. The highest BCUT2D eigenvalue weighted by Gasteiger charge is 2.28. The second-order valence-electron chi connectivity index (χ2n) is 7.25. The summed E-state index contributed by atoms with van der Waals surface area (Å²) in [4.78, 5) is 17.2. The van der Waals surface area contributed by atoms with Crippen molar-refractivity contribution in [1.82, 2.24) is 4.98 Å². The normalized spacial score (nSPS) is 15.5. The van der Waals surface area contributed by atoms with Gasteiger partial charge in [0.05, 0.1) is 5.92 Å². The van der Waals surface area contributed by atoms with Crippen molar-refractivity contribution in [3.8, 4) is 5.75 Å².